The van der Waals surface area contributed by atoms with Crippen LogP contribution in [0.15, 0.2) is 18.5 Å². The molecular formula is C16H23N7OS. The molecule has 1 aliphatic heterocycles. The number of nitrogens with one attached hydrogen (secondary N) is 1. The Labute approximate surface area is 151 Å². The summed E-state index contributed by atoms with van der Waals surface area (Å²) in [5, 5.41) is 11.9. The lowest BCUT2D eigenvalue weighted by Gasteiger charge is -2.25. The number of aryl methyl sites for hydroxylation is 1. The minimum atomic E-state index is -0.205. The van der Waals surface area contributed by atoms with Crippen molar-refractivity contribution >= 4 is 28.2 Å². The molecule has 0 bridgehead atoms. The summed E-state index contributed by atoms with van der Waals surface area (Å²) in [4.78, 5) is 20.9. The molecule has 2 aromatic rings. The fourth-order valence-corrected chi connectivity index (χ4v) is 3.56. The van der Waals surface area contributed by atoms with E-state index < -0.39 is 0 Å². The van der Waals surface area contributed by atoms with Gasteiger partial charge >= 0.3 is 6.03 Å². The molecule has 0 spiro atoms. The fraction of sp³-hybridized carbons (Fsp3) is 0.500. The summed E-state index contributed by atoms with van der Waals surface area (Å²) < 4.78 is 0. The molecule has 0 aliphatic carbocycles. The Kier molecular flexibility index (Phi) is 5.32. The molecule has 1 fully saturated rings. The van der Waals surface area contributed by atoms with Crippen LogP contribution in [0.5, 0.6) is 0 Å². The maximum absolute atomic E-state index is 12.6. The normalized spacial score (nSPS) is 16.4. The van der Waals surface area contributed by atoms with E-state index >= 15 is 0 Å². The van der Waals surface area contributed by atoms with Crippen molar-refractivity contribution < 1.29 is 4.79 Å². The van der Waals surface area contributed by atoms with Gasteiger partial charge in [0.05, 0.1) is 6.04 Å². The minimum Gasteiger partial charge on any atom is -0.374 e. The van der Waals surface area contributed by atoms with Gasteiger partial charge < -0.3 is 20.9 Å². The highest BCUT2D eigenvalue weighted by Crippen LogP contribution is 2.21. The number of nitrogen functional groups attached to an aromatic ring is 1. The van der Waals surface area contributed by atoms with E-state index in [0.717, 1.165) is 36.6 Å². The van der Waals surface area contributed by atoms with Crippen molar-refractivity contribution in [1.29, 1.82) is 0 Å². The first-order chi connectivity index (χ1) is 12.0. The van der Waals surface area contributed by atoms with Crippen LogP contribution >= 0.6 is 11.3 Å². The SMILES string of the molecule is Cc1cnccc1N1CCCN(C(=O)N[C@H](C)c2nnc(N)s2)CC1. The van der Waals surface area contributed by atoms with Crippen LogP contribution in [-0.2, 0) is 0 Å². The van der Waals surface area contributed by atoms with Crippen LogP contribution in [0.2, 0.25) is 0 Å². The van der Waals surface area contributed by atoms with Crippen LogP contribution < -0.4 is 16.0 Å². The van der Waals surface area contributed by atoms with Crippen molar-refractivity contribution in [2.24, 2.45) is 0 Å². The van der Waals surface area contributed by atoms with Crippen LogP contribution in [0.3, 0.4) is 0 Å². The standard InChI is InChI=1S/C16H23N7OS/c1-11-10-18-5-4-13(11)22-6-3-7-23(9-8-22)16(24)19-12(2)14-20-21-15(17)25-14/h4-5,10,12H,3,6-9H2,1-2H3,(H2,17,21)(H,19,24)/t12-/m1/s1. The maximum Gasteiger partial charge on any atom is 0.318 e. The summed E-state index contributed by atoms with van der Waals surface area (Å²) in [5.41, 5.74) is 7.95. The third kappa shape index (κ3) is 4.16. The summed E-state index contributed by atoms with van der Waals surface area (Å²) in [6.07, 6.45) is 4.61. The van der Waals surface area contributed by atoms with E-state index in [1.54, 1.807) is 0 Å². The average molecular weight is 361 g/mol. The minimum absolute atomic E-state index is 0.0745. The molecule has 0 radical (unpaired) electrons. The number of carbonyl (C=O) groups is 1. The topological polar surface area (TPSA) is 100 Å². The van der Waals surface area contributed by atoms with E-state index in [1.165, 1.54) is 17.0 Å². The lowest BCUT2D eigenvalue weighted by molar-refractivity contribution is 0.198. The first kappa shape index (κ1) is 17.4. The molecule has 9 heteroatoms. The molecular weight excluding hydrogens is 338 g/mol. The molecule has 0 saturated carbocycles. The zero-order valence-corrected chi connectivity index (χ0v) is 15.3. The van der Waals surface area contributed by atoms with Crippen molar-refractivity contribution in [3.05, 3.63) is 29.0 Å². The van der Waals surface area contributed by atoms with Gasteiger partial charge in [0.1, 0.15) is 5.01 Å². The third-order valence-electron chi connectivity index (χ3n) is 4.28. The molecule has 0 unspecified atom stereocenters. The Morgan fingerprint density at radius 1 is 1.32 bits per heavy atom. The van der Waals surface area contributed by atoms with E-state index in [2.05, 4.69) is 32.3 Å². The number of pyridine rings is 1. The van der Waals surface area contributed by atoms with Gasteiger partial charge in [0.25, 0.3) is 0 Å². The highest BCUT2D eigenvalue weighted by molar-refractivity contribution is 7.15. The molecule has 1 saturated heterocycles. The van der Waals surface area contributed by atoms with E-state index in [1.807, 2.05) is 30.3 Å². The molecule has 3 N–H and O–H groups in total. The summed E-state index contributed by atoms with van der Waals surface area (Å²) in [6, 6.07) is 1.76. The van der Waals surface area contributed by atoms with E-state index in [4.69, 9.17) is 5.73 Å². The van der Waals surface area contributed by atoms with Crippen molar-refractivity contribution in [3.8, 4) is 0 Å². The Morgan fingerprint density at radius 2 is 2.16 bits per heavy atom. The predicted octanol–water partition coefficient (Wildman–Crippen LogP) is 1.81. The number of urea groups is 1. The average Bonchev–Trinajstić information content (AvgIpc) is 2.89. The quantitative estimate of drug-likeness (QED) is 0.865. The molecule has 0 aromatic carbocycles. The van der Waals surface area contributed by atoms with Gasteiger partial charge in [-0.05, 0) is 31.9 Å². The van der Waals surface area contributed by atoms with E-state index in [-0.39, 0.29) is 12.1 Å². The van der Waals surface area contributed by atoms with Gasteiger partial charge in [-0.2, -0.15) is 0 Å². The molecule has 134 valence electrons. The fourth-order valence-electron chi connectivity index (χ4n) is 2.94. The second-order valence-corrected chi connectivity index (χ2v) is 7.18. The molecule has 3 rings (SSSR count). The number of carbonyl (C=O) groups excluding carboxylic acids is 1. The third-order valence-corrected chi connectivity index (χ3v) is 5.22. The van der Waals surface area contributed by atoms with Crippen molar-refractivity contribution in [3.63, 3.8) is 0 Å². The van der Waals surface area contributed by atoms with Crippen LogP contribution in [0, 0.1) is 6.92 Å². The highest BCUT2D eigenvalue weighted by Gasteiger charge is 2.22. The Hall–Kier alpha value is -2.42. The van der Waals surface area contributed by atoms with Crippen molar-refractivity contribution in [2.45, 2.75) is 26.3 Å². The van der Waals surface area contributed by atoms with Gasteiger partial charge in [-0.15, -0.1) is 10.2 Å². The monoisotopic (exact) mass is 361 g/mol. The number of hydrogen-bond donors (Lipinski definition) is 2. The van der Waals surface area contributed by atoms with Gasteiger partial charge in [0, 0.05) is 44.3 Å². The van der Waals surface area contributed by atoms with Gasteiger partial charge in [-0.3, -0.25) is 4.98 Å². The van der Waals surface area contributed by atoms with Gasteiger partial charge in [0.15, 0.2) is 0 Å². The maximum atomic E-state index is 12.6. The van der Waals surface area contributed by atoms with Crippen molar-refractivity contribution in [2.75, 3.05) is 36.8 Å². The lowest BCUT2D eigenvalue weighted by Crippen LogP contribution is -2.43. The van der Waals surface area contributed by atoms with Gasteiger partial charge in [0.2, 0.25) is 5.13 Å². The second-order valence-electron chi connectivity index (χ2n) is 6.14. The summed E-state index contributed by atoms with van der Waals surface area (Å²) in [7, 11) is 0. The largest absolute Gasteiger partial charge is 0.374 e. The number of anilines is 2. The summed E-state index contributed by atoms with van der Waals surface area (Å²) >= 11 is 1.30. The van der Waals surface area contributed by atoms with Crippen LogP contribution in [0.25, 0.3) is 0 Å². The van der Waals surface area contributed by atoms with Gasteiger partial charge in [-0.1, -0.05) is 11.3 Å². The number of amides is 2. The molecule has 2 aromatic heterocycles. The summed E-state index contributed by atoms with van der Waals surface area (Å²) in [6.45, 7) is 7.10. The number of nitrogens with two attached hydrogens (primary N) is 1. The smallest absolute Gasteiger partial charge is 0.318 e. The highest BCUT2D eigenvalue weighted by atomic mass is 32.1. The Balaban J connectivity index is 1.59. The lowest BCUT2D eigenvalue weighted by atomic mass is 10.2. The Morgan fingerprint density at radius 3 is 2.88 bits per heavy atom. The number of nitrogens with zero attached hydrogens (tertiary/aromatic N) is 5. The molecule has 25 heavy (non-hydrogen) atoms. The predicted molar refractivity (Wildman–Crippen MR) is 98.6 cm³/mol. The second kappa shape index (κ2) is 7.64. The van der Waals surface area contributed by atoms with Gasteiger partial charge in [-0.25, -0.2) is 4.79 Å². The first-order valence-electron chi connectivity index (χ1n) is 8.34. The number of aromatic nitrogens is 3. The number of hydrogen-bond acceptors (Lipinski definition) is 7. The molecule has 1 atom stereocenters. The van der Waals surface area contributed by atoms with Crippen LogP contribution in [0.4, 0.5) is 15.6 Å². The molecule has 1 aliphatic rings. The van der Waals surface area contributed by atoms with Crippen LogP contribution in [-0.4, -0.2) is 52.3 Å². The first-order valence-corrected chi connectivity index (χ1v) is 9.16. The zero-order valence-electron chi connectivity index (χ0n) is 14.5. The molecule has 2 amide bonds. The number of rotatable bonds is 3. The van der Waals surface area contributed by atoms with E-state index in [0.29, 0.717) is 11.7 Å². The van der Waals surface area contributed by atoms with Crippen molar-refractivity contribution in [1.82, 2.24) is 25.4 Å². The summed E-state index contributed by atoms with van der Waals surface area (Å²) in [5.74, 6) is 0. The Bertz CT molecular complexity index is 735. The molecule has 8 nitrogen and oxygen atoms in total. The molecule has 3 heterocycles. The van der Waals surface area contributed by atoms with E-state index in [9.17, 15) is 4.79 Å². The zero-order chi connectivity index (χ0) is 17.8. The van der Waals surface area contributed by atoms with Crippen LogP contribution in [0.1, 0.15) is 30.0 Å².